The number of phenols is 1. The fourth-order valence-electron chi connectivity index (χ4n) is 2.71. The number of nitrogens with one attached hydrogen (secondary N) is 3. The van der Waals surface area contributed by atoms with Crippen molar-refractivity contribution < 1.29 is 29.4 Å². The van der Waals surface area contributed by atoms with Gasteiger partial charge in [-0.1, -0.05) is 26.0 Å². The summed E-state index contributed by atoms with van der Waals surface area (Å²) in [6, 6.07) is 3.35. The molecule has 0 aliphatic carbocycles. The normalized spacial score (nSPS) is 13.7. The third-order valence-corrected chi connectivity index (χ3v) is 4.66. The largest absolute Gasteiger partial charge is 0.508 e. The monoisotopic (exact) mass is 454 g/mol. The number of aromatic hydroxyl groups is 1. The average Bonchev–Trinajstić information content (AvgIpc) is 2.70. The standard InChI is InChI=1S/C20H30N4O6S/c1-11(2)7-15(20(30)24-16(10-31)19(29)22-9-17(26)27)23-18(28)14(21)8-12-3-5-13(25)6-4-12/h3-6,11,14-16,25,31H,7-10,21H2,1-2H3,(H,22,29)(H,23,28)(H,24,30)(H,26,27). The number of nitrogens with two attached hydrogens (primary N) is 1. The van der Waals surface area contributed by atoms with Gasteiger partial charge in [-0.25, -0.2) is 0 Å². The molecule has 7 N–H and O–H groups in total. The minimum atomic E-state index is -1.22. The van der Waals surface area contributed by atoms with Crippen LogP contribution in [0.2, 0.25) is 0 Å². The van der Waals surface area contributed by atoms with Crippen LogP contribution in [0.15, 0.2) is 24.3 Å². The van der Waals surface area contributed by atoms with Crippen LogP contribution in [-0.2, 0) is 25.6 Å². The third kappa shape index (κ3) is 9.71. The summed E-state index contributed by atoms with van der Waals surface area (Å²) in [4.78, 5) is 47.9. The number of amides is 3. The molecular formula is C20H30N4O6S. The Morgan fingerprint density at radius 2 is 1.58 bits per heavy atom. The first-order valence-electron chi connectivity index (χ1n) is 9.78. The fourth-order valence-corrected chi connectivity index (χ4v) is 2.97. The van der Waals surface area contributed by atoms with Gasteiger partial charge in [-0.05, 0) is 36.5 Å². The summed E-state index contributed by atoms with van der Waals surface area (Å²) >= 11 is 4.03. The number of aliphatic carboxylic acids is 1. The number of hydrogen-bond acceptors (Lipinski definition) is 7. The van der Waals surface area contributed by atoms with Crippen molar-refractivity contribution in [1.82, 2.24) is 16.0 Å². The van der Waals surface area contributed by atoms with Crippen molar-refractivity contribution in [1.29, 1.82) is 0 Å². The first kappa shape index (κ1) is 26.2. The number of rotatable bonds is 12. The van der Waals surface area contributed by atoms with Gasteiger partial charge in [0.05, 0.1) is 6.04 Å². The first-order valence-corrected chi connectivity index (χ1v) is 10.4. The number of phenolic OH excluding ortho intramolecular Hbond substituents is 1. The van der Waals surface area contributed by atoms with E-state index >= 15 is 0 Å². The van der Waals surface area contributed by atoms with Crippen molar-refractivity contribution in [3.63, 3.8) is 0 Å². The highest BCUT2D eigenvalue weighted by molar-refractivity contribution is 7.80. The van der Waals surface area contributed by atoms with Gasteiger partial charge in [0.15, 0.2) is 0 Å². The summed E-state index contributed by atoms with van der Waals surface area (Å²) in [5.74, 6) is -2.94. The molecule has 11 heteroatoms. The van der Waals surface area contributed by atoms with Crippen LogP contribution in [0, 0.1) is 5.92 Å². The predicted octanol–water partition coefficient (Wildman–Crippen LogP) is -0.592. The lowest BCUT2D eigenvalue weighted by Gasteiger charge is -2.24. The molecule has 1 rings (SSSR count). The molecule has 0 saturated carbocycles. The van der Waals surface area contributed by atoms with E-state index in [2.05, 4.69) is 28.6 Å². The highest BCUT2D eigenvalue weighted by atomic mass is 32.1. The molecule has 0 fully saturated rings. The second kappa shape index (κ2) is 12.8. The molecule has 3 atom stereocenters. The zero-order chi connectivity index (χ0) is 23.6. The van der Waals surface area contributed by atoms with Crippen LogP contribution >= 0.6 is 12.6 Å². The van der Waals surface area contributed by atoms with E-state index in [-0.39, 0.29) is 23.8 Å². The highest BCUT2D eigenvalue weighted by Crippen LogP contribution is 2.11. The van der Waals surface area contributed by atoms with E-state index in [0.717, 1.165) is 5.56 Å². The summed E-state index contributed by atoms with van der Waals surface area (Å²) < 4.78 is 0. The summed E-state index contributed by atoms with van der Waals surface area (Å²) in [6.45, 7) is 3.16. The number of hydrogen-bond donors (Lipinski definition) is 7. The number of carboxylic acid groups (broad SMARTS) is 1. The van der Waals surface area contributed by atoms with Gasteiger partial charge >= 0.3 is 5.97 Å². The molecule has 0 spiro atoms. The number of carboxylic acids is 1. The smallest absolute Gasteiger partial charge is 0.322 e. The average molecular weight is 455 g/mol. The maximum Gasteiger partial charge on any atom is 0.322 e. The molecule has 0 aliphatic heterocycles. The van der Waals surface area contributed by atoms with Crippen LogP contribution in [0.3, 0.4) is 0 Å². The molecule has 0 aromatic heterocycles. The molecule has 31 heavy (non-hydrogen) atoms. The molecule has 0 radical (unpaired) electrons. The topological polar surface area (TPSA) is 171 Å². The number of benzene rings is 1. The summed E-state index contributed by atoms with van der Waals surface area (Å²) in [5.41, 5.74) is 6.72. The van der Waals surface area contributed by atoms with Crippen LogP contribution in [0.1, 0.15) is 25.8 Å². The lowest BCUT2D eigenvalue weighted by atomic mass is 10.0. The molecule has 1 aromatic rings. The Balaban J connectivity index is 2.77. The van der Waals surface area contributed by atoms with Crippen molar-refractivity contribution in [2.45, 2.75) is 44.8 Å². The van der Waals surface area contributed by atoms with Crippen molar-refractivity contribution in [3.05, 3.63) is 29.8 Å². The molecule has 3 amide bonds. The number of thiol groups is 1. The Labute approximate surface area is 186 Å². The van der Waals surface area contributed by atoms with Crippen LogP contribution in [-0.4, -0.2) is 64.3 Å². The van der Waals surface area contributed by atoms with Gasteiger partial charge in [-0.2, -0.15) is 12.6 Å². The van der Waals surface area contributed by atoms with Gasteiger partial charge in [0, 0.05) is 5.75 Å². The van der Waals surface area contributed by atoms with Crippen LogP contribution in [0.4, 0.5) is 0 Å². The molecular weight excluding hydrogens is 424 g/mol. The van der Waals surface area contributed by atoms with E-state index in [1.165, 1.54) is 12.1 Å². The van der Waals surface area contributed by atoms with E-state index < -0.39 is 48.4 Å². The van der Waals surface area contributed by atoms with E-state index in [9.17, 15) is 24.3 Å². The van der Waals surface area contributed by atoms with Crippen molar-refractivity contribution in [3.8, 4) is 5.75 Å². The Kier molecular flexibility index (Phi) is 10.8. The molecule has 0 saturated heterocycles. The lowest BCUT2D eigenvalue weighted by molar-refractivity contribution is -0.138. The fraction of sp³-hybridized carbons (Fsp3) is 0.500. The molecule has 172 valence electrons. The third-order valence-electron chi connectivity index (χ3n) is 4.30. The van der Waals surface area contributed by atoms with Gasteiger partial charge in [0.25, 0.3) is 0 Å². The number of carbonyl (C=O) groups is 4. The number of carbonyl (C=O) groups excluding carboxylic acids is 3. The van der Waals surface area contributed by atoms with E-state index in [4.69, 9.17) is 10.8 Å². The van der Waals surface area contributed by atoms with Gasteiger partial charge in [-0.15, -0.1) is 0 Å². The summed E-state index contributed by atoms with van der Waals surface area (Å²) in [5, 5.41) is 25.3. The molecule has 0 bridgehead atoms. The maximum atomic E-state index is 12.7. The minimum Gasteiger partial charge on any atom is -0.508 e. The molecule has 10 nitrogen and oxygen atoms in total. The maximum absolute atomic E-state index is 12.7. The first-order chi connectivity index (χ1) is 14.5. The summed E-state index contributed by atoms with van der Waals surface area (Å²) in [7, 11) is 0. The van der Waals surface area contributed by atoms with Gasteiger partial charge < -0.3 is 31.9 Å². The Morgan fingerprint density at radius 3 is 2.10 bits per heavy atom. The molecule has 0 heterocycles. The van der Waals surface area contributed by atoms with Crippen molar-refractivity contribution in [2.24, 2.45) is 11.7 Å². The minimum absolute atomic E-state index is 0.0552. The molecule has 1 aromatic carbocycles. The lowest BCUT2D eigenvalue weighted by Crippen LogP contribution is -2.57. The SMILES string of the molecule is CC(C)CC(NC(=O)C(N)Cc1ccc(O)cc1)C(=O)NC(CS)C(=O)NCC(=O)O. The Morgan fingerprint density at radius 1 is 1.00 bits per heavy atom. The predicted molar refractivity (Wildman–Crippen MR) is 118 cm³/mol. The van der Waals surface area contributed by atoms with Gasteiger partial charge in [-0.3, -0.25) is 19.2 Å². The van der Waals surface area contributed by atoms with Crippen LogP contribution in [0.25, 0.3) is 0 Å². The molecule has 3 unspecified atom stereocenters. The van der Waals surface area contributed by atoms with Crippen LogP contribution < -0.4 is 21.7 Å². The van der Waals surface area contributed by atoms with E-state index in [1.54, 1.807) is 12.1 Å². The van der Waals surface area contributed by atoms with Gasteiger partial charge in [0.2, 0.25) is 17.7 Å². The second-order valence-electron chi connectivity index (χ2n) is 7.52. The summed E-state index contributed by atoms with van der Waals surface area (Å²) in [6.07, 6.45) is 0.512. The van der Waals surface area contributed by atoms with E-state index in [1.807, 2.05) is 13.8 Å². The van der Waals surface area contributed by atoms with Gasteiger partial charge in [0.1, 0.15) is 24.4 Å². The quantitative estimate of drug-likeness (QED) is 0.207. The zero-order valence-corrected chi connectivity index (χ0v) is 18.4. The highest BCUT2D eigenvalue weighted by Gasteiger charge is 2.28. The van der Waals surface area contributed by atoms with Crippen molar-refractivity contribution >= 4 is 36.3 Å². The van der Waals surface area contributed by atoms with Crippen LogP contribution in [0.5, 0.6) is 5.75 Å². The van der Waals surface area contributed by atoms with E-state index in [0.29, 0.717) is 6.42 Å². The second-order valence-corrected chi connectivity index (χ2v) is 7.89. The Hall–Kier alpha value is -2.79. The Bertz CT molecular complexity index is 771. The molecule has 0 aliphatic rings. The zero-order valence-electron chi connectivity index (χ0n) is 17.5. The van der Waals surface area contributed by atoms with Crippen molar-refractivity contribution in [2.75, 3.05) is 12.3 Å².